The molecule has 4 nitrogen and oxygen atoms in total. The van der Waals surface area contributed by atoms with Crippen molar-refractivity contribution < 1.29 is 9.84 Å². The van der Waals surface area contributed by atoms with Crippen molar-refractivity contribution in [2.75, 3.05) is 7.11 Å². The molecule has 0 fully saturated rings. The van der Waals surface area contributed by atoms with E-state index in [1.165, 1.54) is 0 Å². The molecule has 0 aliphatic carbocycles. The molecule has 0 bridgehead atoms. The van der Waals surface area contributed by atoms with E-state index in [9.17, 15) is 5.11 Å². The number of halogens is 1. The summed E-state index contributed by atoms with van der Waals surface area (Å²) in [4.78, 5) is 0. The number of rotatable bonds is 3. The van der Waals surface area contributed by atoms with E-state index in [2.05, 4.69) is 21.0 Å². The van der Waals surface area contributed by atoms with Crippen LogP contribution in [0, 0.1) is 0 Å². The van der Waals surface area contributed by atoms with Crippen molar-refractivity contribution in [3.05, 3.63) is 46.2 Å². The molecule has 1 heterocycles. The first kappa shape index (κ1) is 12.1. The molecule has 0 aliphatic rings. The van der Waals surface area contributed by atoms with Gasteiger partial charge in [0.15, 0.2) is 5.75 Å². The van der Waals surface area contributed by atoms with Crippen LogP contribution in [-0.2, 0) is 7.05 Å². The van der Waals surface area contributed by atoms with Gasteiger partial charge in [0, 0.05) is 11.5 Å². The van der Waals surface area contributed by atoms with Crippen molar-refractivity contribution in [2.24, 2.45) is 7.05 Å². The van der Waals surface area contributed by atoms with E-state index in [1.54, 1.807) is 25.0 Å². The van der Waals surface area contributed by atoms with Crippen LogP contribution in [0.2, 0.25) is 0 Å². The zero-order valence-electron chi connectivity index (χ0n) is 9.59. The average Bonchev–Trinajstić information content (AvgIpc) is 2.70. The Bertz CT molecular complexity index is 508. The third-order valence-electron chi connectivity index (χ3n) is 2.61. The van der Waals surface area contributed by atoms with E-state index in [0.717, 1.165) is 10.0 Å². The first-order chi connectivity index (χ1) is 8.13. The fourth-order valence-corrected chi connectivity index (χ4v) is 1.96. The van der Waals surface area contributed by atoms with Gasteiger partial charge in [0.1, 0.15) is 11.8 Å². The predicted molar refractivity (Wildman–Crippen MR) is 68.0 cm³/mol. The normalized spacial score (nSPS) is 12.5. The molecule has 90 valence electrons. The highest BCUT2D eigenvalue weighted by Gasteiger charge is 2.19. The second-order valence-corrected chi connectivity index (χ2v) is 4.59. The van der Waals surface area contributed by atoms with E-state index in [1.807, 2.05) is 24.3 Å². The van der Waals surface area contributed by atoms with E-state index in [-0.39, 0.29) is 0 Å². The minimum absolute atomic E-state index is 0.586. The molecule has 2 rings (SSSR count). The van der Waals surface area contributed by atoms with E-state index in [0.29, 0.717) is 11.4 Å². The summed E-state index contributed by atoms with van der Waals surface area (Å²) in [6.07, 6.45) is 0.850. The Labute approximate surface area is 108 Å². The van der Waals surface area contributed by atoms with Gasteiger partial charge in [-0.3, -0.25) is 4.68 Å². The smallest absolute Gasteiger partial charge is 0.162 e. The highest BCUT2D eigenvalue weighted by molar-refractivity contribution is 9.10. The monoisotopic (exact) mass is 296 g/mol. The minimum atomic E-state index is -0.745. The van der Waals surface area contributed by atoms with Crippen LogP contribution in [-0.4, -0.2) is 22.0 Å². The quantitative estimate of drug-likeness (QED) is 0.945. The van der Waals surface area contributed by atoms with Crippen LogP contribution in [0.3, 0.4) is 0 Å². The molecule has 17 heavy (non-hydrogen) atoms. The number of ether oxygens (including phenoxy) is 1. The van der Waals surface area contributed by atoms with E-state index < -0.39 is 6.10 Å². The number of aliphatic hydroxyl groups is 1. The van der Waals surface area contributed by atoms with Gasteiger partial charge in [-0.1, -0.05) is 28.1 Å². The van der Waals surface area contributed by atoms with Crippen molar-refractivity contribution in [2.45, 2.75) is 6.10 Å². The van der Waals surface area contributed by atoms with Crippen LogP contribution in [0.25, 0.3) is 0 Å². The molecule has 0 saturated heterocycles. The van der Waals surface area contributed by atoms with Gasteiger partial charge in [-0.25, -0.2) is 0 Å². The maximum Gasteiger partial charge on any atom is 0.162 e. The molecular weight excluding hydrogens is 284 g/mol. The summed E-state index contributed by atoms with van der Waals surface area (Å²) in [6.45, 7) is 0. The second-order valence-electron chi connectivity index (χ2n) is 3.68. The largest absolute Gasteiger partial charge is 0.493 e. The van der Waals surface area contributed by atoms with Gasteiger partial charge in [0.2, 0.25) is 0 Å². The number of aromatic nitrogens is 2. The fraction of sp³-hybridized carbons (Fsp3) is 0.250. The standard InChI is InChI=1S/C12H13BrN2O2/c1-15-11(10(17-2)7-14-15)12(16)8-3-5-9(13)6-4-8/h3-7,12,16H,1-2H3. The van der Waals surface area contributed by atoms with Crippen LogP contribution >= 0.6 is 15.9 Å². The molecule has 1 aromatic carbocycles. The number of hydrogen-bond donors (Lipinski definition) is 1. The van der Waals surface area contributed by atoms with Crippen LogP contribution in [0.15, 0.2) is 34.9 Å². The number of aryl methyl sites for hydroxylation is 1. The molecule has 0 saturated carbocycles. The topological polar surface area (TPSA) is 47.3 Å². The Hall–Kier alpha value is -1.33. The third-order valence-corrected chi connectivity index (χ3v) is 3.14. The first-order valence-corrected chi connectivity index (χ1v) is 5.92. The SMILES string of the molecule is COc1cnn(C)c1C(O)c1ccc(Br)cc1. The van der Waals surface area contributed by atoms with E-state index in [4.69, 9.17) is 4.74 Å². The van der Waals surface area contributed by atoms with Crippen molar-refractivity contribution >= 4 is 15.9 Å². The zero-order valence-corrected chi connectivity index (χ0v) is 11.2. The highest BCUT2D eigenvalue weighted by Crippen LogP contribution is 2.29. The molecule has 0 radical (unpaired) electrons. The van der Waals surface area contributed by atoms with Crippen molar-refractivity contribution in [1.82, 2.24) is 9.78 Å². The van der Waals surface area contributed by atoms with Crippen LogP contribution in [0.1, 0.15) is 17.4 Å². The van der Waals surface area contributed by atoms with Gasteiger partial charge in [-0.2, -0.15) is 5.10 Å². The molecule has 0 aliphatic heterocycles. The number of hydrogen-bond acceptors (Lipinski definition) is 3. The Morgan fingerprint density at radius 2 is 2.00 bits per heavy atom. The molecular formula is C12H13BrN2O2. The Kier molecular flexibility index (Phi) is 3.49. The van der Waals surface area contributed by atoms with E-state index >= 15 is 0 Å². The molecule has 0 spiro atoms. The van der Waals surface area contributed by atoms with Gasteiger partial charge in [-0.15, -0.1) is 0 Å². The van der Waals surface area contributed by atoms with Crippen LogP contribution in [0.5, 0.6) is 5.75 Å². The number of aliphatic hydroxyl groups excluding tert-OH is 1. The lowest BCUT2D eigenvalue weighted by atomic mass is 10.1. The Morgan fingerprint density at radius 1 is 1.35 bits per heavy atom. The van der Waals surface area contributed by atoms with Crippen molar-refractivity contribution in [3.63, 3.8) is 0 Å². The van der Waals surface area contributed by atoms with Gasteiger partial charge in [0.05, 0.1) is 13.3 Å². The summed E-state index contributed by atoms with van der Waals surface area (Å²) in [5.74, 6) is 0.586. The molecule has 1 atom stereocenters. The van der Waals surface area contributed by atoms with Gasteiger partial charge in [0.25, 0.3) is 0 Å². The lowest BCUT2D eigenvalue weighted by Crippen LogP contribution is -2.07. The summed E-state index contributed by atoms with van der Waals surface area (Å²) < 4.78 is 7.77. The summed E-state index contributed by atoms with van der Waals surface area (Å²) in [5, 5.41) is 14.4. The van der Waals surface area contributed by atoms with Gasteiger partial charge >= 0.3 is 0 Å². The van der Waals surface area contributed by atoms with Gasteiger partial charge in [-0.05, 0) is 17.7 Å². The third kappa shape index (κ3) is 2.35. The molecule has 1 unspecified atom stereocenters. The van der Waals surface area contributed by atoms with Gasteiger partial charge < -0.3 is 9.84 Å². The minimum Gasteiger partial charge on any atom is -0.493 e. The lowest BCUT2D eigenvalue weighted by molar-refractivity contribution is 0.204. The molecule has 1 N–H and O–H groups in total. The zero-order chi connectivity index (χ0) is 12.4. The maximum absolute atomic E-state index is 10.3. The second kappa shape index (κ2) is 4.89. The van der Waals surface area contributed by atoms with Crippen LogP contribution < -0.4 is 4.74 Å². The fourth-order valence-electron chi connectivity index (χ4n) is 1.70. The number of benzene rings is 1. The summed E-state index contributed by atoms with van der Waals surface area (Å²) in [7, 11) is 3.34. The Balaban J connectivity index is 2.39. The molecule has 2 aromatic rings. The average molecular weight is 297 g/mol. The highest BCUT2D eigenvalue weighted by atomic mass is 79.9. The van der Waals surface area contributed by atoms with Crippen LogP contribution in [0.4, 0.5) is 0 Å². The molecule has 1 aromatic heterocycles. The number of methoxy groups -OCH3 is 1. The van der Waals surface area contributed by atoms with Crippen molar-refractivity contribution in [1.29, 1.82) is 0 Å². The Morgan fingerprint density at radius 3 is 2.59 bits per heavy atom. The number of nitrogens with zero attached hydrogens (tertiary/aromatic N) is 2. The summed E-state index contributed by atoms with van der Waals surface area (Å²) in [5.41, 5.74) is 1.45. The predicted octanol–water partition coefficient (Wildman–Crippen LogP) is 2.27. The molecule has 5 heteroatoms. The first-order valence-electron chi connectivity index (χ1n) is 5.13. The maximum atomic E-state index is 10.3. The summed E-state index contributed by atoms with van der Waals surface area (Å²) >= 11 is 3.36. The molecule has 0 amide bonds. The van der Waals surface area contributed by atoms with Crippen molar-refractivity contribution in [3.8, 4) is 5.75 Å². The lowest BCUT2D eigenvalue weighted by Gasteiger charge is -2.13. The summed E-state index contributed by atoms with van der Waals surface area (Å²) in [6, 6.07) is 7.51.